The van der Waals surface area contributed by atoms with E-state index in [1.165, 1.54) is 18.2 Å². The van der Waals surface area contributed by atoms with Gasteiger partial charge in [0, 0.05) is 19.3 Å². The number of ether oxygens (including phenoxy) is 4. The molecule has 2 aromatic carbocycles. The molecular weight excluding hydrogens is 464 g/mol. The lowest BCUT2D eigenvalue weighted by molar-refractivity contribution is -0.232. The molecule has 2 aliphatic rings. The molecule has 0 saturated carbocycles. The fourth-order valence-corrected chi connectivity index (χ4v) is 3.84. The van der Waals surface area contributed by atoms with E-state index in [1.807, 2.05) is 0 Å². The minimum Gasteiger partial charge on any atom is -0.459 e. The van der Waals surface area contributed by atoms with Crippen molar-refractivity contribution < 1.29 is 38.4 Å². The number of allylic oxidation sites excluding steroid dienone is 2. The number of aliphatic hydroxyl groups excluding tert-OH is 1. The van der Waals surface area contributed by atoms with Gasteiger partial charge in [0.15, 0.2) is 12.2 Å². The van der Waals surface area contributed by atoms with Gasteiger partial charge in [0.25, 0.3) is 0 Å². The predicted octanol–water partition coefficient (Wildman–Crippen LogP) is 3.14. The Morgan fingerprint density at radius 1 is 0.944 bits per heavy atom. The lowest BCUT2D eigenvalue weighted by atomic mass is 10.0. The van der Waals surface area contributed by atoms with Crippen molar-refractivity contribution in [1.29, 1.82) is 0 Å². The fraction of sp³-hybridized carbons (Fsp3) is 0.250. The summed E-state index contributed by atoms with van der Waals surface area (Å²) in [5.74, 6) is -3.93. The predicted molar refractivity (Wildman–Crippen MR) is 126 cm³/mol. The van der Waals surface area contributed by atoms with E-state index >= 15 is 0 Å². The molecule has 1 fully saturated rings. The van der Waals surface area contributed by atoms with Gasteiger partial charge in [0.1, 0.15) is 12.7 Å². The van der Waals surface area contributed by atoms with Gasteiger partial charge in [-0.25, -0.2) is 14.4 Å². The molecule has 8 heteroatoms. The number of hydrogen-bond donors (Lipinski definition) is 1. The third-order valence-electron chi connectivity index (χ3n) is 5.77. The van der Waals surface area contributed by atoms with Crippen molar-refractivity contribution in [3.8, 4) is 0 Å². The van der Waals surface area contributed by atoms with Gasteiger partial charge in [0.2, 0.25) is 5.79 Å². The molecule has 4 radical (unpaired) electrons. The van der Waals surface area contributed by atoms with E-state index in [1.54, 1.807) is 67.6 Å². The largest absolute Gasteiger partial charge is 0.459 e. The first-order valence-electron chi connectivity index (χ1n) is 11.4. The van der Waals surface area contributed by atoms with Gasteiger partial charge in [-0.05, 0) is 24.3 Å². The van der Waals surface area contributed by atoms with Crippen molar-refractivity contribution in [3.05, 3.63) is 108 Å². The maximum atomic E-state index is 12.8. The van der Waals surface area contributed by atoms with Gasteiger partial charge in [-0.1, -0.05) is 61.5 Å². The maximum absolute atomic E-state index is 12.8. The zero-order valence-corrected chi connectivity index (χ0v) is 19.5. The van der Waals surface area contributed by atoms with Crippen molar-refractivity contribution in [3.63, 3.8) is 0 Å². The summed E-state index contributed by atoms with van der Waals surface area (Å²) < 4.78 is 22.6. The van der Waals surface area contributed by atoms with Crippen LogP contribution >= 0.6 is 0 Å². The minimum absolute atomic E-state index is 0.0417. The number of hydrogen-bond acceptors (Lipinski definition) is 8. The second-order valence-electron chi connectivity index (χ2n) is 8.08. The number of aliphatic hydroxyl groups is 1. The summed E-state index contributed by atoms with van der Waals surface area (Å²) in [4.78, 5) is 38.0. The third-order valence-corrected chi connectivity index (χ3v) is 5.77. The summed E-state index contributed by atoms with van der Waals surface area (Å²) in [6, 6.07) is 16.4. The van der Waals surface area contributed by atoms with Gasteiger partial charge in [-0.3, -0.25) is 0 Å². The lowest BCUT2D eigenvalue weighted by Gasteiger charge is -2.30. The zero-order valence-electron chi connectivity index (χ0n) is 19.5. The third kappa shape index (κ3) is 5.56. The smallest absolute Gasteiger partial charge is 0.340 e. The molecule has 1 heterocycles. The minimum atomic E-state index is -1.83. The summed E-state index contributed by atoms with van der Waals surface area (Å²) in [6.45, 7) is 1.29. The quantitative estimate of drug-likeness (QED) is 0.446. The first-order valence-corrected chi connectivity index (χ1v) is 11.4. The summed E-state index contributed by atoms with van der Waals surface area (Å²) >= 11 is 0. The average molecular weight is 488 g/mol. The molecular formula is C28H24O8. The number of benzene rings is 2. The Morgan fingerprint density at radius 2 is 1.58 bits per heavy atom. The van der Waals surface area contributed by atoms with Gasteiger partial charge < -0.3 is 24.1 Å². The Kier molecular flexibility index (Phi) is 7.97. The van der Waals surface area contributed by atoms with Crippen LogP contribution in [-0.4, -0.2) is 53.7 Å². The second-order valence-corrected chi connectivity index (χ2v) is 8.08. The summed E-state index contributed by atoms with van der Waals surface area (Å²) in [7, 11) is 0. The first kappa shape index (κ1) is 25.3. The van der Waals surface area contributed by atoms with E-state index in [0.717, 1.165) is 0 Å². The van der Waals surface area contributed by atoms with Crippen LogP contribution in [0.4, 0.5) is 0 Å². The van der Waals surface area contributed by atoms with Crippen LogP contribution in [0.15, 0.2) is 84.5 Å². The molecule has 4 atom stereocenters. The number of carbonyl (C=O) groups excluding carboxylic acids is 3. The van der Waals surface area contributed by atoms with Gasteiger partial charge in [0.05, 0.1) is 16.7 Å². The Bertz CT molecular complexity index is 1140. The molecule has 1 N–H and O–H groups in total. The Balaban J connectivity index is 1.55. The monoisotopic (exact) mass is 488 g/mol. The molecule has 0 aromatic heterocycles. The van der Waals surface area contributed by atoms with Gasteiger partial charge in [-0.2, -0.15) is 0 Å². The number of rotatable bonds is 8. The molecule has 0 spiro atoms. The molecule has 1 aliphatic heterocycles. The molecule has 1 aliphatic carbocycles. The van der Waals surface area contributed by atoms with Crippen molar-refractivity contribution in [2.24, 2.45) is 0 Å². The molecule has 184 valence electrons. The van der Waals surface area contributed by atoms with E-state index in [9.17, 15) is 19.5 Å². The lowest BCUT2D eigenvalue weighted by Crippen LogP contribution is -2.47. The summed E-state index contributed by atoms with van der Waals surface area (Å²) in [6.07, 6.45) is 5.88. The summed E-state index contributed by atoms with van der Waals surface area (Å²) in [5.41, 5.74) is 0.750. The van der Waals surface area contributed by atoms with Crippen molar-refractivity contribution in [2.45, 2.75) is 37.4 Å². The molecule has 0 bridgehead atoms. The van der Waals surface area contributed by atoms with Crippen molar-refractivity contribution >= 4 is 17.9 Å². The van der Waals surface area contributed by atoms with Crippen LogP contribution < -0.4 is 0 Å². The highest BCUT2D eigenvalue weighted by Gasteiger charge is 2.59. The number of carbonyl (C=O) groups is 3. The van der Waals surface area contributed by atoms with Crippen LogP contribution in [0, 0.1) is 12.8 Å². The molecule has 8 nitrogen and oxygen atoms in total. The molecule has 4 rings (SSSR count). The van der Waals surface area contributed by atoms with Crippen LogP contribution in [0.2, 0.25) is 0 Å². The number of esters is 3. The standard InChI is InChI=1S/C28H24O8/c1-2-28(36-27(32)21-16-10-5-11-17-21)24(29)23(34-26(31)20-14-8-4-9-15-20)22(35-28)18-33-25(30)19-12-6-3-7-13-19/h4-6,8-17,22-24,29H,2,18H2,1H3/t22-,23+,24-,28-/m1/s1. The second kappa shape index (κ2) is 11.3. The molecule has 0 unspecified atom stereocenters. The van der Waals surface area contributed by atoms with E-state index in [4.69, 9.17) is 18.9 Å². The summed E-state index contributed by atoms with van der Waals surface area (Å²) in [5, 5.41) is 11.2. The van der Waals surface area contributed by atoms with Crippen LogP contribution in [0.3, 0.4) is 0 Å². The topological polar surface area (TPSA) is 108 Å². The normalized spacial score (nSPS) is 25.1. The highest BCUT2D eigenvalue weighted by Crippen LogP contribution is 2.38. The van der Waals surface area contributed by atoms with E-state index < -0.39 is 42.0 Å². The van der Waals surface area contributed by atoms with Gasteiger partial charge in [-0.15, -0.1) is 0 Å². The van der Waals surface area contributed by atoms with Gasteiger partial charge >= 0.3 is 17.9 Å². The van der Waals surface area contributed by atoms with Crippen LogP contribution in [0.25, 0.3) is 0 Å². The Morgan fingerprint density at radius 3 is 2.17 bits per heavy atom. The first-order chi connectivity index (χ1) is 17.4. The van der Waals surface area contributed by atoms with Crippen LogP contribution in [0.1, 0.15) is 34.1 Å². The molecule has 2 aromatic rings. The molecule has 1 saturated heterocycles. The Hall–Kier alpha value is -3.75. The molecule has 0 amide bonds. The Labute approximate surface area is 209 Å². The van der Waals surface area contributed by atoms with E-state index in [0.29, 0.717) is 0 Å². The highest BCUT2D eigenvalue weighted by molar-refractivity contribution is 5.92. The van der Waals surface area contributed by atoms with Crippen LogP contribution in [-0.2, 0) is 23.7 Å². The maximum Gasteiger partial charge on any atom is 0.340 e. The van der Waals surface area contributed by atoms with Crippen LogP contribution in [0.5, 0.6) is 0 Å². The highest BCUT2D eigenvalue weighted by atomic mass is 16.8. The average Bonchev–Trinajstić information content (AvgIpc) is 3.19. The van der Waals surface area contributed by atoms with Crippen molar-refractivity contribution in [1.82, 2.24) is 0 Å². The molecule has 36 heavy (non-hydrogen) atoms. The van der Waals surface area contributed by atoms with E-state index in [-0.39, 0.29) is 29.7 Å². The SMILES string of the molecule is CC[C@]1(OC(=O)c2ccccc2)O[C@H](COC(=O)C2=C[C][C]C=C2)[C@H](OC(=O)c2ccccc2)[C@H]1O. The van der Waals surface area contributed by atoms with E-state index in [2.05, 4.69) is 12.8 Å². The van der Waals surface area contributed by atoms with Crippen molar-refractivity contribution in [2.75, 3.05) is 6.61 Å². The zero-order chi connectivity index (χ0) is 25.5. The fourth-order valence-electron chi connectivity index (χ4n) is 3.84.